The molecule has 2 amide bonds. The third-order valence-electron chi connectivity index (χ3n) is 3.00. The number of nitrogens with one attached hydrogen (secondary N) is 1. The summed E-state index contributed by atoms with van der Waals surface area (Å²) in [4.78, 5) is 25.4. The first-order chi connectivity index (χ1) is 8.54. The maximum Gasteiger partial charge on any atom is 0.225 e. The van der Waals surface area contributed by atoms with Crippen molar-refractivity contribution in [3.05, 3.63) is 0 Å². The number of carbonyl (C=O) groups is 2. The Morgan fingerprint density at radius 1 is 1.56 bits per heavy atom. The fourth-order valence-electron chi connectivity index (χ4n) is 2.14. The van der Waals surface area contributed by atoms with Crippen LogP contribution < -0.4 is 5.32 Å². The van der Waals surface area contributed by atoms with Crippen molar-refractivity contribution in [2.24, 2.45) is 11.8 Å². The summed E-state index contributed by atoms with van der Waals surface area (Å²) < 4.78 is 4.91. The van der Waals surface area contributed by atoms with Crippen molar-refractivity contribution < 1.29 is 14.3 Å². The summed E-state index contributed by atoms with van der Waals surface area (Å²) >= 11 is 0. The number of carbonyl (C=O) groups excluding carboxylic acids is 2. The molecule has 1 atom stereocenters. The van der Waals surface area contributed by atoms with Crippen molar-refractivity contribution in [1.82, 2.24) is 10.2 Å². The van der Waals surface area contributed by atoms with Crippen LogP contribution in [0.5, 0.6) is 0 Å². The molecule has 1 heterocycles. The summed E-state index contributed by atoms with van der Waals surface area (Å²) in [6.45, 7) is 6.71. The largest absolute Gasteiger partial charge is 0.385 e. The lowest BCUT2D eigenvalue weighted by atomic mass is 10.1. The van der Waals surface area contributed by atoms with Crippen molar-refractivity contribution in [3.8, 4) is 0 Å². The van der Waals surface area contributed by atoms with Crippen LogP contribution in [0.4, 0.5) is 0 Å². The van der Waals surface area contributed by atoms with E-state index in [-0.39, 0.29) is 17.7 Å². The van der Waals surface area contributed by atoms with E-state index in [0.717, 1.165) is 13.0 Å². The Hall–Kier alpha value is -1.10. The van der Waals surface area contributed by atoms with E-state index in [1.807, 2.05) is 0 Å². The van der Waals surface area contributed by atoms with Crippen LogP contribution >= 0.6 is 0 Å². The van der Waals surface area contributed by atoms with Gasteiger partial charge in [-0.2, -0.15) is 0 Å². The second-order valence-electron chi connectivity index (χ2n) is 5.23. The minimum absolute atomic E-state index is 0.00860. The highest BCUT2D eigenvalue weighted by Gasteiger charge is 2.34. The standard InChI is InChI=1S/C13H24N2O3/c1-10(2)8-15-9-11(7-12(15)16)13(17)14-5-4-6-18-3/h10-11H,4-9H2,1-3H3,(H,14,17). The predicted molar refractivity (Wildman–Crippen MR) is 69.0 cm³/mol. The Bertz CT molecular complexity index is 292. The van der Waals surface area contributed by atoms with Crippen LogP contribution in [0.1, 0.15) is 26.7 Å². The molecule has 0 saturated carbocycles. The summed E-state index contributed by atoms with van der Waals surface area (Å²) in [6, 6.07) is 0. The zero-order valence-corrected chi connectivity index (χ0v) is 11.6. The molecule has 0 aromatic rings. The Kier molecular flexibility index (Phi) is 6.12. The first kappa shape index (κ1) is 15.0. The lowest BCUT2D eigenvalue weighted by Gasteiger charge is -2.18. The molecule has 0 bridgehead atoms. The van der Waals surface area contributed by atoms with E-state index in [2.05, 4.69) is 19.2 Å². The van der Waals surface area contributed by atoms with Crippen LogP contribution in [0.2, 0.25) is 0 Å². The van der Waals surface area contributed by atoms with Gasteiger partial charge in [-0.1, -0.05) is 13.8 Å². The predicted octanol–water partition coefficient (Wildman–Crippen LogP) is 0.644. The Labute approximate surface area is 109 Å². The minimum Gasteiger partial charge on any atom is -0.385 e. The van der Waals surface area contributed by atoms with Crippen LogP contribution in [0.15, 0.2) is 0 Å². The minimum atomic E-state index is -0.182. The quantitative estimate of drug-likeness (QED) is 0.680. The molecule has 5 heteroatoms. The van der Waals surface area contributed by atoms with Crippen LogP contribution in [0.25, 0.3) is 0 Å². The molecule has 104 valence electrons. The van der Waals surface area contributed by atoms with E-state index in [1.54, 1.807) is 12.0 Å². The van der Waals surface area contributed by atoms with Crippen molar-refractivity contribution in [2.75, 3.05) is 33.4 Å². The van der Waals surface area contributed by atoms with Gasteiger partial charge in [0.15, 0.2) is 0 Å². The average Bonchev–Trinajstić information content (AvgIpc) is 2.65. The number of ether oxygens (including phenoxy) is 1. The van der Waals surface area contributed by atoms with E-state index in [0.29, 0.717) is 32.0 Å². The summed E-state index contributed by atoms with van der Waals surface area (Å²) in [7, 11) is 1.64. The SMILES string of the molecule is COCCCNC(=O)C1CC(=O)N(CC(C)C)C1. The molecule has 18 heavy (non-hydrogen) atoms. The molecule has 1 N–H and O–H groups in total. The van der Waals surface area contributed by atoms with Gasteiger partial charge in [0.25, 0.3) is 0 Å². The molecule has 0 spiro atoms. The molecule has 1 unspecified atom stereocenters. The number of rotatable bonds is 7. The Balaban J connectivity index is 2.31. The van der Waals surface area contributed by atoms with Gasteiger partial charge < -0.3 is 15.0 Å². The van der Waals surface area contributed by atoms with Crippen molar-refractivity contribution in [1.29, 1.82) is 0 Å². The summed E-state index contributed by atoms with van der Waals surface area (Å²) in [5.74, 6) is 0.350. The van der Waals surface area contributed by atoms with Gasteiger partial charge in [0.05, 0.1) is 5.92 Å². The van der Waals surface area contributed by atoms with Gasteiger partial charge in [-0.15, -0.1) is 0 Å². The van der Waals surface area contributed by atoms with Gasteiger partial charge in [-0.25, -0.2) is 0 Å². The molecule has 1 aliphatic rings. The Morgan fingerprint density at radius 3 is 2.89 bits per heavy atom. The monoisotopic (exact) mass is 256 g/mol. The molecule has 1 fully saturated rings. The van der Waals surface area contributed by atoms with Gasteiger partial charge in [0, 0.05) is 39.8 Å². The van der Waals surface area contributed by atoms with Crippen molar-refractivity contribution >= 4 is 11.8 Å². The van der Waals surface area contributed by atoms with Crippen LogP contribution in [0, 0.1) is 11.8 Å². The summed E-state index contributed by atoms with van der Waals surface area (Å²) in [6.07, 6.45) is 1.15. The lowest BCUT2D eigenvalue weighted by Crippen LogP contribution is -2.34. The first-order valence-electron chi connectivity index (χ1n) is 6.59. The molecule has 5 nitrogen and oxygen atoms in total. The first-order valence-corrected chi connectivity index (χ1v) is 6.59. The van der Waals surface area contributed by atoms with E-state index < -0.39 is 0 Å². The lowest BCUT2D eigenvalue weighted by molar-refractivity contribution is -0.129. The fraction of sp³-hybridized carbons (Fsp3) is 0.846. The molecular weight excluding hydrogens is 232 g/mol. The number of nitrogens with zero attached hydrogens (tertiary/aromatic N) is 1. The molecule has 1 aliphatic heterocycles. The van der Waals surface area contributed by atoms with E-state index in [1.165, 1.54) is 0 Å². The van der Waals surface area contributed by atoms with Crippen LogP contribution in [-0.2, 0) is 14.3 Å². The fourth-order valence-corrected chi connectivity index (χ4v) is 2.14. The maximum atomic E-state index is 11.9. The highest BCUT2D eigenvalue weighted by molar-refractivity contribution is 5.89. The van der Waals surface area contributed by atoms with Crippen LogP contribution in [-0.4, -0.2) is 50.1 Å². The van der Waals surface area contributed by atoms with Gasteiger partial charge in [0.1, 0.15) is 0 Å². The number of hydrogen-bond donors (Lipinski definition) is 1. The average molecular weight is 256 g/mol. The summed E-state index contributed by atoms with van der Waals surface area (Å²) in [5.41, 5.74) is 0. The third-order valence-corrected chi connectivity index (χ3v) is 3.00. The topological polar surface area (TPSA) is 58.6 Å². The zero-order valence-electron chi connectivity index (χ0n) is 11.6. The van der Waals surface area contributed by atoms with Gasteiger partial charge in [-0.05, 0) is 12.3 Å². The van der Waals surface area contributed by atoms with E-state index >= 15 is 0 Å². The second-order valence-corrected chi connectivity index (χ2v) is 5.23. The molecule has 0 aliphatic carbocycles. The van der Waals surface area contributed by atoms with Gasteiger partial charge in [0.2, 0.25) is 11.8 Å². The number of hydrogen-bond acceptors (Lipinski definition) is 3. The highest BCUT2D eigenvalue weighted by Crippen LogP contribution is 2.19. The second kappa shape index (κ2) is 7.36. The van der Waals surface area contributed by atoms with E-state index in [4.69, 9.17) is 4.74 Å². The Morgan fingerprint density at radius 2 is 2.28 bits per heavy atom. The molecule has 1 saturated heterocycles. The molecule has 0 radical (unpaired) electrons. The van der Waals surface area contributed by atoms with Gasteiger partial charge >= 0.3 is 0 Å². The van der Waals surface area contributed by atoms with Crippen molar-refractivity contribution in [2.45, 2.75) is 26.7 Å². The smallest absolute Gasteiger partial charge is 0.225 e. The number of methoxy groups -OCH3 is 1. The van der Waals surface area contributed by atoms with Gasteiger partial charge in [-0.3, -0.25) is 9.59 Å². The normalized spacial score (nSPS) is 19.7. The van der Waals surface area contributed by atoms with Crippen LogP contribution in [0.3, 0.4) is 0 Å². The van der Waals surface area contributed by atoms with E-state index in [9.17, 15) is 9.59 Å². The number of likely N-dealkylation sites (tertiary alicyclic amines) is 1. The molecule has 1 rings (SSSR count). The number of amides is 2. The third kappa shape index (κ3) is 4.64. The zero-order chi connectivity index (χ0) is 13.5. The highest BCUT2D eigenvalue weighted by atomic mass is 16.5. The summed E-state index contributed by atoms with van der Waals surface area (Å²) in [5, 5.41) is 2.86. The molecular formula is C13H24N2O3. The van der Waals surface area contributed by atoms with Crippen molar-refractivity contribution in [3.63, 3.8) is 0 Å². The maximum absolute atomic E-state index is 11.9. The molecule has 0 aromatic heterocycles. The molecule has 0 aromatic carbocycles.